The van der Waals surface area contributed by atoms with Crippen LogP contribution in [0.2, 0.25) is 0 Å². The number of hydrogen-bond acceptors (Lipinski definition) is 8. The smallest absolute Gasteiger partial charge is 0.220 e. The molecule has 0 radical (unpaired) electrons. The third-order valence-electron chi connectivity index (χ3n) is 16.8. The van der Waals surface area contributed by atoms with Crippen molar-refractivity contribution in [3.63, 3.8) is 0 Å². The molecule has 1 aliphatic heterocycles. The van der Waals surface area contributed by atoms with Gasteiger partial charge in [-0.1, -0.05) is 334 Å². The van der Waals surface area contributed by atoms with Crippen LogP contribution in [0.25, 0.3) is 0 Å². The average molecular weight is 1230 g/mol. The van der Waals surface area contributed by atoms with E-state index < -0.39 is 49.5 Å². The van der Waals surface area contributed by atoms with Gasteiger partial charge in [0.05, 0.1) is 25.4 Å². The molecule has 1 fully saturated rings. The van der Waals surface area contributed by atoms with Gasteiger partial charge >= 0.3 is 0 Å². The van der Waals surface area contributed by atoms with Crippen LogP contribution in [0.1, 0.15) is 316 Å². The molecule has 1 saturated heterocycles. The summed E-state index contributed by atoms with van der Waals surface area (Å²) in [5.41, 5.74) is 0. The number of allylic oxidation sites excluding steroid dienone is 19. The molecule has 0 saturated carbocycles. The molecule has 9 nitrogen and oxygen atoms in total. The summed E-state index contributed by atoms with van der Waals surface area (Å²) in [7, 11) is 0. The summed E-state index contributed by atoms with van der Waals surface area (Å²) in [5.74, 6) is -0.190. The summed E-state index contributed by atoms with van der Waals surface area (Å²) in [6.07, 6.45) is 93.1. The Labute approximate surface area is 541 Å². The van der Waals surface area contributed by atoms with Crippen molar-refractivity contribution < 1.29 is 39.8 Å². The minimum absolute atomic E-state index is 0.190. The highest BCUT2D eigenvalue weighted by atomic mass is 16.7. The molecule has 7 unspecified atom stereocenters. The Morgan fingerprint density at radius 2 is 0.716 bits per heavy atom. The fraction of sp³-hybridized carbons (Fsp3) is 0.734. The zero-order chi connectivity index (χ0) is 63.5. The van der Waals surface area contributed by atoms with Gasteiger partial charge in [-0.25, -0.2) is 0 Å². The van der Waals surface area contributed by atoms with Gasteiger partial charge in [-0.15, -0.1) is 0 Å². The summed E-state index contributed by atoms with van der Waals surface area (Å²) in [4.78, 5) is 13.1. The lowest BCUT2D eigenvalue weighted by molar-refractivity contribution is -0.302. The molecule has 506 valence electrons. The Bertz CT molecular complexity index is 1810. The van der Waals surface area contributed by atoms with E-state index >= 15 is 0 Å². The second kappa shape index (κ2) is 66.5. The molecule has 0 aromatic rings. The third-order valence-corrected chi connectivity index (χ3v) is 16.8. The molecular weight excluding hydrogens is 1090 g/mol. The van der Waals surface area contributed by atoms with Crippen molar-refractivity contribution in [2.45, 2.75) is 358 Å². The van der Waals surface area contributed by atoms with Crippen LogP contribution in [-0.4, -0.2) is 87.5 Å². The number of nitrogens with one attached hydrogen (secondary N) is 1. The summed E-state index contributed by atoms with van der Waals surface area (Å²) in [5, 5.41) is 54.8. The Kier molecular flexibility index (Phi) is 62.4. The Balaban J connectivity index is 2.15. The van der Waals surface area contributed by atoms with Gasteiger partial charge in [0.2, 0.25) is 5.91 Å². The van der Waals surface area contributed by atoms with Crippen LogP contribution < -0.4 is 5.32 Å². The maximum atomic E-state index is 13.1. The number of carbonyl (C=O) groups is 1. The maximum Gasteiger partial charge on any atom is 0.220 e. The Hall–Kier alpha value is -3.41. The van der Waals surface area contributed by atoms with E-state index in [1.165, 1.54) is 205 Å². The van der Waals surface area contributed by atoms with E-state index in [0.717, 1.165) is 89.9 Å². The van der Waals surface area contributed by atoms with Gasteiger partial charge < -0.3 is 40.3 Å². The lowest BCUT2D eigenvalue weighted by Gasteiger charge is -2.40. The minimum atomic E-state index is -1.58. The molecule has 0 bridgehead atoms. The van der Waals surface area contributed by atoms with Crippen molar-refractivity contribution in [1.82, 2.24) is 5.32 Å². The summed E-state index contributed by atoms with van der Waals surface area (Å²) in [6, 6.07) is -0.832. The molecule has 9 heteroatoms. The van der Waals surface area contributed by atoms with E-state index in [2.05, 4.69) is 129 Å². The third kappa shape index (κ3) is 54.3. The number of rotatable bonds is 63. The SMILES string of the molecule is CC/C=C\C/C=C\C/C=C\C/C=C\C/C=C\C/C=C\C/C=C\C/C=C\CCCCCCCCCCCCCCC(=O)NC(COC1OC(CO)C(O)C(O)C1O)C(O)/C=C/CC/C=C/CCCCCCCCCCCCCCCCCCCCCCCC. The highest BCUT2D eigenvalue weighted by molar-refractivity contribution is 5.76. The molecule has 1 heterocycles. The monoisotopic (exact) mass is 1230 g/mol. The minimum Gasteiger partial charge on any atom is -0.394 e. The van der Waals surface area contributed by atoms with Gasteiger partial charge in [-0.05, 0) is 96.3 Å². The number of aliphatic hydroxyl groups excluding tert-OH is 5. The standard InChI is InChI=1S/C79H137NO8/c1-3-5-7-9-11-13-15-17-19-21-23-25-27-29-31-33-34-35-36-37-38-39-40-41-43-45-47-49-51-53-55-57-59-61-63-65-67-69-75(83)80-72(71-87-79-78(86)77(85)76(84)74(70-81)88-79)73(82)68-66-64-62-60-58-56-54-52-50-48-46-44-42-32-30-28-26-24-22-20-18-16-14-12-10-8-6-4-2/h5,7,11,13,17,19,23,25,29,31,34-35,37-38,40-41,58,60,66,68,72-74,76-79,81-82,84-86H,3-4,6,8-10,12,14-16,18,20-22,24,26-28,30,32-33,36,39,42-57,59,61-65,67,69-71H2,1-2H3,(H,80,83)/b7-5-,13-11-,19-17-,25-23-,31-29-,35-34-,38-37-,41-40-,60-58+,68-66+. The highest BCUT2D eigenvalue weighted by Gasteiger charge is 2.44. The first-order chi connectivity index (χ1) is 43.3. The first-order valence-electron chi connectivity index (χ1n) is 36.8. The molecule has 0 aromatic carbocycles. The number of ether oxygens (including phenoxy) is 2. The molecule has 0 aliphatic carbocycles. The van der Waals surface area contributed by atoms with E-state index in [0.29, 0.717) is 6.42 Å². The summed E-state index contributed by atoms with van der Waals surface area (Å²) >= 11 is 0. The quantitative estimate of drug-likeness (QED) is 0.0261. The van der Waals surface area contributed by atoms with Gasteiger partial charge in [0, 0.05) is 6.42 Å². The Morgan fingerprint density at radius 1 is 0.398 bits per heavy atom. The number of carbonyl (C=O) groups excluding carboxylic acids is 1. The Morgan fingerprint density at radius 3 is 1.09 bits per heavy atom. The molecule has 0 aromatic heterocycles. The second-order valence-corrected chi connectivity index (χ2v) is 25.0. The first-order valence-corrected chi connectivity index (χ1v) is 36.8. The molecule has 88 heavy (non-hydrogen) atoms. The fourth-order valence-corrected chi connectivity index (χ4v) is 11.1. The van der Waals surface area contributed by atoms with E-state index in [-0.39, 0.29) is 12.5 Å². The van der Waals surface area contributed by atoms with Crippen molar-refractivity contribution in [3.8, 4) is 0 Å². The predicted octanol–water partition coefficient (Wildman–Crippen LogP) is 20.6. The maximum absolute atomic E-state index is 13.1. The zero-order valence-corrected chi connectivity index (χ0v) is 56.7. The molecule has 1 aliphatic rings. The predicted molar refractivity (Wildman–Crippen MR) is 377 cm³/mol. The van der Waals surface area contributed by atoms with Crippen molar-refractivity contribution in [1.29, 1.82) is 0 Å². The van der Waals surface area contributed by atoms with Crippen LogP contribution in [0.5, 0.6) is 0 Å². The summed E-state index contributed by atoms with van der Waals surface area (Å²) < 4.78 is 11.3. The van der Waals surface area contributed by atoms with Gasteiger partial charge in [-0.2, -0.15) is 0 Å². The van der Waals surface area contributed by atoms with Crippen molar-refractivity contribution in [2.24, 2.45) is 0 Å². The summed E-state index contributed by atoms with van der Waals surface area (Å²) in [6.45, 7) is 3.68. The van der Waals surface area contributed by atoms with E-state index in [1.807, 2.05) is 6.08 Å². The van der Waals surface area contributed by atoms with Gasteiger partial charge in [0.1, 0.15) is 24.4 Å². The van der Waals surface area contributed by atoms with Crippen LogP contribution in [0.15, 0.2) is 122 Å². The largest absolute Gasteiger partial charge is 0.394 e. The topological polar surface area (TPSA) is 149 Å². The molecule has 1 rings (SSSR count). The van der Waals surface area contributed by atoms with Crippen molar-refractivity contribution in [2.75, 3.05) is 13.2 Å². The lowest BCUT2D eigenvalue weighted by atomic mass is 9.99. The fourth-order valence-electron chi connectivity index (χ4n) is 11.1. The van der Waals surface area contributed by atoms with E-state index in [9.17, 15) is 30.3 Å². The highest BCUT2D eigenvalue weighted by Crippen LogP contribution is 2.23. The molecule has 7 atom stereocenters. The van der Waals surface area contributed by atoms with Gasteiger partial charge in [0.15, 0.2) is 6.29 Å². The van der Waals surface area contributed by atoms with Crippen molar-refractivity contribution >= 4 is 5.91 Å². The number of hydrogen-bond donors (Lipinski definition) is 6. The second-order valence-electron chi connectivity index (χ2n) is 25.0. The van der Waals surface area contributed by atoms with Crippen molar-refractivity contribution in [3.05, 3.63) is 122 Å². The van der Waals surface area contributed by atoms with Crippen LogP contribution >= 0.6 is 0 Å². The zero-order valence-electron chi connectivity index (χ0n) is 56.7. The van der Waals surface area contributed by atoms with Crippen LogP contribution in [0.4, 0.5) is 0 Å². The number of amides is 1. The number of aliphatic hydroxyl groups is 5. The van der Waals surface area contributed by atoms with Crippen LogP contribution in [-0.2, 0) is 14.3 Å². The van der Waals surface area contributed by atoms with Crippen LogP contribution in [0.3, 0.4) is 0 Å². The molecular formula is C79H137NO8. The van der Waals surface area contributed by atoms with Gasteiger partial charge in [0.25, 0.3) is 0 Å². The van der Waals surface area contributed by atoms with Crippen LogP contribution in [0, 0.1) is 0 Å². The number of unbranched alkanes of at least 4 members (excludes halogenated alkanes) is 35. The first kappa shape index (κ1) is 82.6. The molecule has 1 amide bonds. The van der Waals surface area contributed by atoms with Gasteiger partial charge in [-0.3, -0.25) is 4.79 Å². The van der Waals surface area contributed by atoms with E-state index in [1.54, 1.807) is 6.08 Å². The molecule has 0 spiro atoms. The molecule has 6 N–H and O–H groups in total. The normalized spacial score (nSPS) is 18.6. The lowest BCUT2D eigenvalue weighted by Crippen LogP contribution is -2.60. The average Bonchev–Trinajstić information content (AvgIpc) is 3.29. The van der Waals surface area contributed by atoms with E-state index in [4.69, 9.17) is 9.47 Å².